The third kappa shape index (κ3) is 25.0. The van der Waals surface area contributed by atoms with E-state index in [1.54, 1.807) is 0 Å². The summed E-state index contributed by atoms with van der Waals surface area (Å²) >= 11 is 0. The lowest BCUT2D eigenvalue weighted by molar-refractivity contribution is -0.148. The maximum absolute atomic E-state index is 11.7. The highest BCUT2D eigenvalue weighted by Gasteiger charge is 2.03. The van der Waals surface area contributed by atoms with Crippen LogP contribution in [0.4, 0.5) is 0 Å². The Hall–Kier alpha value is -1.14. The van der Waals surface area contributed by atoms with Crippen LogP contribution in [-0.2, 0) is 28.5 Å². The van der Waals surface area contributed by atoms with Crippen LogP contribution in [0.2, 0.25) is 0 Å². The van der Waals surface area contributed by atoms with Gasteiger partial charge in [-0.2, -0.15) is 0 Å². The monoisotopic (exact) mass is 444 g/mol. The van der Waals surface area contributed by atoms with E-state index >= 15 is 0 Å². The van der Waals surface area contributed by atoms with Crippen LogP contribution in [-0.4, -0.2) is 52.1 Å². The molecule has 0 saturated carbocycles. The van der Waals surface area contributed by atoms with Gasteiger partial charge in [0.1, 0.15) is 13.2 Å². The van der Waals surface area contributed by atoms with Gasteiger partial charge in [0, 0.05) is 6.42 Å². The van der Waals surface area contributed by atoms with E-state index in [0.29, 0.717) is 26.2 Å². The SMILES string of the molecule is CCCCCCCCCCCCCCCCCC(=O)OCCOCCOCC(=O)OC. The van der Waals surface area contributed by atoms with E-state index in [0.717, 1.165) is 12.8 Å². The first-order chi connectivity index (χ1) is 15.2. The fourth-order valence-electron chi connectivity index (χ4n) is 3.36. The van der Waals surface area contributed by atoms with Gasteiger partial charge in [-0.25, -0.2) is 4.79 Å². The van der Waals surface area contributed by atoms with Crippen LogP contribution in [0.15, 0.2) is 0 Å². The molecule has 0 aliphatic heterocycles. The molecule has 0 aliphatic rings. The van der Waals surface area contributed by atoms with Gasteiger partial charge in [-0.1, -0.05) is 96.8 Å². The van der Waals surface area contributed by atoms with Crippen molar-refractivity contribution >= 4 is 11.9 Å². The molecule has 0 aromatic carbocycles. The van der Waals surface area contributed by atoms with E-state index in [-0.39, 0.29) is 19.2 Å². The van der Waals surface area contributed by atoms with Crippen molar-refractivity contribution in [1.29, 1.82) is 0 Å². The van der Waals surface area contributed by atoms with Gasteiger partial charge in [0.15, 0.2) is 0 Å². The van der Waals surface area contributed by atoms with Crippen molar-refractivity contribution in [1.82, 2.24) is 0 Å². The van der Waals surface area contributed by atoms with Crippen LogP contribution < -0.4 is 0 Å². The van der Waals surface area contributed by atoms with Gasteiger partial charge in [-0.05, 0) is 6.42 Å². The lowest BCUT2D eigenvalue weighted by atomic mass is 10.0. The van der Waals surface area contributed by atoms with Crippen molar-refractivity contribution < 1.29 is 28.5 Å². The highest BCUT2D eigenvalue weighted by Crippen LogP contribution is 2.13. The van der Waals surface area contributed by atoms with Gasteiger partial charge in [-0.3, -0.25) is 4.79 Å². The Morgan fingerprint density at radius 2 is 1.00 bits per heavy atom. The molecule has 184 valence electrons. The second kappa shape index (κ2) is 25.1. The Bertz CT molecular complexity index is 399. The second-order valence-electron chi connectivity index (χ2n) is 8.16. The number of hydrogen-bond acceptors (Lipinski definition) is 6. The van der Waals surface area contributed by atoms with Gasteiger partial charge in [0.05, 0.1) is 26.9 Å². The molecule has 0 atom stereocenters. The number of carbonyl (C=O) groups excluding carboxylic acids is 2. The number of rotatable bonds is 24. The normalized spacial score (nSPS) is 10.9. The maximum Gasteiger partial charge on any atom is 0.331 e. The zero-order valence-corrected chi connectivity index (χ0v) is 20.3. The first-order valence-electron chi connectivity index (χ1n) is 12.6. The summed E-state index contributed by atoms with van der Waals surface area (Å²) in [6.45, 7) is 3.45. The minimum absolute atomic E-state index is 0.0753. The maximum atomic E-state index is 11.7. The Morgan fingerprint density at radius 3 is 1.52 bits per heavy atom. The van der Waals surface area contributed by atoms with Crippen molar-refractivity contribution in [3.63, 3.8) is 0 Å². The van der Waals surface area contributed by atoms with Crippen molar-refractivity contribution in [2.75, 3.05) is 40.1 Å². The molecular formula is C25H48O6. The predicted octanol–water partition coefficient (Wildman–Crippen LogP) is 6.00. The van der Waals surface area contributed by atoms with Crippen molar-refractivity contribution in [2.24, 2.45) is 0 Å². The highest BCUT2D eigenvalue weighted by atomic mass is 16.6. The smallest absolute Gasteiger partial charge is 0.331 e. The van der Waals surface area contributed by atoms with E-state index in [2.05, 4.69) is 11.7 Å². The first kappa shape index (κ1) is 29.9. The largest absolute Gasteiger partial charge is 0.467 e. The summed E-state index contributed by atoms with van der Waals surface area (Å²) in [5.74, 6) is -0.562. The molecule has 0 spiro atoms. The second-order valence-corrected chi connectivity index (χ2v) is 8.16. The third-order valence-electron chi connectivity index (χ3n) is 5.29. The third-order valence-corrected chi connectivity index (χ3v) is 5.29. The van der Waals surface area contributed by atoms with Crippen LogP contribution in [0.5, 0.6) is 0 Å². The van der Waals surface area contributed by atoms with E-state index in [9.17, 15) is 9.59 Å². The summed E-state index contributed by atoms with van der Waals surface area (Å²) in [6.07, 6.45) is 20.2. The van der Waals surface area contributed by atoms with E-state index in [1.807, 2.05) is 0 Å². The molecule has 0 unspecified atom stereocenters. The standard InChI is InChI=1S/C25H48O6/c1-3-4-5-6-7-8-9-10-11-12-13-14-15-16-17-18-24(26)31-22-21-29-19-20-30-23-25(27)28-2/h3-23H2,1-2H3. The zero-order valence-electron chi connectivity index (χ0n) is 20.3. The summed E-state index contributed by atoms with van der Waals surface area (Å²) in [7, 11) is 1.32. The number of hydrogen-bond donors (Lipinski definition) is 0. The Balaban J connectivity index is 3.17. The number of ether oxygens (including phenoxy) is 4. The first-order valence-corrected chi connectivity index (χ1v) is 12.6. The summed E-state index contributed by atoms with van der Waals surface area (Å²) < 4.78 is 19.9. The van der Waals surface area contributed by atoms with E-state index in [4.69, 9.17) is 14.2 Å². The summed E-state index contributed by atoms with van der Waals surface area (Å²) in [5, 5.41) is 0. The molecule has 0 amide bonds. The van der Waals surface area contributed by atoms with Gasteiger partial charge in [-0.15, -0.1) is 0 Å². The minimum atomic E-state index is -0.410. The minimum Gasteiger partial charge on any atom is -0.467 e. The zero-order chi connectivity index (χ0) is 22.8. The van der Waals surface area contributed by atoms with Crippen LogP contribution in [0.3, 0.4) is 0 Å². The molecule has 0 aromatic rings. The lowest BCUT2D eigenvalue weighted by Crippen LogP contribution is -2.15. The van der Waals surface area contributed by atoms with Gasteiger partial charge < -0.3 is 18.9 Å². The van der Waals surface area contributed by atoms with Crippen molar-refractivity contribution in [3.05, 3.63) is 0 Å². The Labute approximate surface area is 190 Å². The number of unbranched alkanes of at least 4 members (excludes halogenated alkanes) is 14. The average Bonchev–Trinajstić information content (AvgIpc) is 2.77. The fourth-order valence-corrected chi connectivity index (χ4v) is 3.36. The average molecular weight is 445 g/mol. The molecule has 0 bridgehead atoms. The van der Waals surface area contributed by atoms with Crippen molar-refractivity contribution in [2.45, 2.75) is 110 Å². The molecule has 0 radical (unpaired) electrons. The lowest BCUT2D eigenvalue weighted by Gasteiger charge is -2.07. The molecule has 0 fully saturated rings. The molecule has 0 saturated heterocycles. The molecule has 6 nitrogen and oxygen atoms in total. The van der Waals surface area contributed by atoms with E-state index in [1.165, 1.54) is 90.6 Å². The molecular weight excluding hydrogens is 396 g/mol. The molecule has 6 heteroatoms. The Kier molecular flexibility index (Phi) is 24.2. The number of esters is 2. The van der Waals surface area contributed by atoms with Gasteiger partial charge in [0.25, 0.3) is 0 Å². The Morgan fingerprint density at radius 1 is 0.548 bits per heavy atom. The van der Waals surface area contributed by atoms with E-state index < -0.39 is 5.97 Å². The predicted molar refractivity (Wildman–Crippen MR) is 124 cm³/mol. The molecule has 0 N–H and O–H groups in total. The highest BCUT2D eigenvalue weighted by molar-refractivity contribution is 5.70. The summed E-state index contributed by atoms with van der Waals surface area (Å²) in [5.41, 5.74) is 0. The topological polar surface area (TPSA) is 71.1 Å². The molecule has 0 aromatic heterocycles. The summed E-state index contributed by atoms with van der Waals surface area (Å²) in [4.78, 5) is 22.5. The quantitative estimate of drug-likeness (QED) is 0.134. The van der Waals surface area contributed by atoms with Gasteiger partial charge >= 0.3 is 11.9 Å². The van der Waals surface area contributed by atoms with Crippen LogP contribution in [0, 0.1) is 0 Å². The molecule has 0 rings (SSSR count). The van der Waals surface area contributed by atoms with Gasteiger partial charge in [0.2, 0.25) is 0 Å². The van der Waals surface area contributed by atoms with Crippen LogP contribution in [0.25, 0.3) is 0 Å². The molecule has 0 aliphatic carbocycles. The fraction of sp³-hybridized carbons (Fsp3) is 0.920. The van der Waals surface area contributed by atoms with Crippen molar-refractivity contribution in [3.8, 4) is 0 Å². The number of carbonyl (C=O) groups is 2. The van der Waals surface area contributed by atoms with Crippen LogP contribution in [0.1, 0.15) is 110 Å². The molecule has 0 heterocycles. The number of methoxy groups -OCH3 is 1. The van der Waals surface area contributed by atoms with Crippen LogP contribution >= 0.6 is 0 Å². The molecule has 31 heavy (non-hydrogen) atoms. The summed E-state index contributed by atoms with van der Waals surface area (Å²) in [6, 6.07) is 0.